The number of nitro benzene ring substituents is 1. The lowest BCUT2D eigenvalue weighted by molar-refractivity contribution is -0.384. The number of hydrogen-bond donors (Lipinski definition) is 2. The van der Waals surface area contributed by atoms with Crippen molar-refractivity contribution >= 4 is 23.6 Å². The number of tetrazole rings is 1. The van der Waals surface area contributed by atoms with Crippen LogP contribution in [0.5, 0.6) is 0 Å². The zero-order valence-electron chi connectivity index (χ0n) is 10.4. The molecule has 0 bridgehead atoms. The van der Waals surface area contributed by atoms with E-state index in [0.29, 0.717) is 11.1 Å². The highest BCUT2D eigenvalue weighted by atomic mass is 16.6. The Labute approximate surface area is 112 Å². The zero-order chi connectivity index (χ0) is 14.5. The van der Waals surface area contributed by atoms with Crippen LogP contribution in [0, 0.1) is 10.1 Å². The lowest BCUT2D eigenvalue weighted by atomic mass is 10.1. The standard InChI is InChI=1S/C11H10N6O3/c1-7(10(18)12-11-13-15-16-14-11)6-8-2-4-9(5-3-8)17(19)20/h2-6H,1H3,(H2,12,13,14,15,16,18). The van der Waals surface area contributed by atoms with Crippen molar-refractivity contribution in [1.29, 1.82) is 0 Å². The fourth-order valence-electron chi connectivity index (χ4n) is 1.42. The third-order valence-electron chi connectivity index (χ3n) is 2.42. The largest absolute Gasteiger partial charge is 0.288 e. The summed E-state index contributed by atoms with van der Waals surface area (Å²) in [5, 5.41) is 25.7. The number of carbonyl (C=O) groups is 1. The molecule has 0 aliphatic rings. The highest BCUT2D eigenvalue weighted by Gasteiger charge is 2.08. The molecule has 9 heteroatoms. The number of H-pyrrole nitrogens is 1. The molecule has 0 unspecified atom stereocenters. The lowest BCUT2D eigenvalue weighted by Crippen LogP contribution is -2.13. The second-order valence-electron chi connectivity index (χ2n) is 3.87. The van der Waals surface area contributed by atoms with E-state index in [1.165, 1.54) is 12.1 Å². The molecule has 2 aromatic rings. The summed E-state index contributed by atoms with van der Waals surface area (Å²) in [6.07, 6.45) is 1.60. The maximum absolute atomic E-state index is 11.8. The molecule has 0 saturated carbocycles. The number of benzene rings is 1. The summed E-state index contributed by atoms with van der Waals surface area (Å²) < 4.78 is 0. The third kappa shape index (κ3) is 3.22. The molecule has 1 aromatic carbocycles. The summed E-state index contributed by atoms with van der Waals surface area (Å²) in [4.78, 5) is 21.8. The van der Waals surface area contributed by atoms with Crippen molar-refractivity contribution in [1.82, 2.24) is 20.6 Å². The van der Waals surface area contributed by atoms with E-state index in [1.807, 2.05) is 0 Å². The Morgan fingerprint density at radius 3 is 2.65 bits per heavy atom. The number of aromatic amines is 1. The Kier molecular flexibility index (Phi) is 3.80. The summed E-state index contributed by atoms with van der Waals surface area (Å²) in [5.74, 6) is -0.309. The average Bonchev–Trinajstić information content (AvgIpc) is 2.92. The summed E-state index contributed by atoms with van der Waals surface area (Å²) in [6, 6.07) is 5.86. The first-order valence-electron chi connectivity index (χ1n) is 5.54. The maximum atomic E-state index is 11.8. The van der Waals surface area contributed by atoms with Crippen LogP contribution in [0.3, 0.4) is 0 Å². The van der Waals surface area contributed by atoms with E-state index in [4.69, 9.17) is 0 Å². The highest BCUT2D eigenvalue weighted by molar-refractivity contribution is 6.05. The van der Waals surface area contributed by atoms with E-state index >= 15 is 0 Å². The zero-order valence-corrected chi connectivity index (χ0v) is 10.4. The summed E-state index contributed by atoms with van der Waals surface area (Å²) in [6.45, 7) is 1.61. The number of rotatable bonds is 4. The SMILES string of the molecule is CC(=Cc1ccc([N+](=O)[O-])cc1)C(=O)Nc1nn[nH]n1. The van der Waals surface area contributed by atoms with E-state index < -0.39 is 4.92 Å². The molecule has 0 atom stereocenters. The Hall–Kier alpha value is -3.10. The Morgan fingerprint density at radius 1 is 1.40 bits per heavy atom. The van der Waals surface area contributed by atoms with Crippen LogP contribution in [-0.2, 0) is 4.79 Å². The van der Waals surface area contributed by atoms with Crippen molar-refractivity contribution in [2.75, 3.05) is 5.32 Å². The fourth-order valence-corrected chi connectivity index (χ4v) is 1.42. The van der Waals surface area contributed by atoms with Gasteiger partial charge >= 0.3 is 0 Å². The minimum absolute atomic E-state index is 0.00366. The van der Waals surface area contributed by atoms with E-state index in [-0.39, 0.29) is 17.5 Å². The maximum Gasteiger partial charge on any atom is 0.270 e. The molecule has 9 nitrogen and oxygen atoms in total. The van der Waals surface area contributed by atoms with Crippen LogP contribution in [-0.4, -0.2) is 31.5 Å². The van der Waals surface area contributed by atoms with E-state index in [0.717, 1.165) is 0 Å². The molecule has 1 amide bonds. The monoisotopic (exact) mass is 274 g/mol. The number of non-ortho nitro benzene ring substituents is 1. The van der Waals surface area contributed by atoms with Gasteiger partial charge < -0.3 is 0 Å². The van der Waals surface area contributed by atoms with Gasteiger partial charge in [-0.15, -0.1) is 5.10 Å². The number of hydrogen-bond acceptors (Lipinski definition) is 6. The molecule has 0 radical (unpaired) electrons. The van der Waals surface area contributed by atoms with Crippen molar-refractivity contribution in [2.24, 2.45) is 0 Å². The van der Waals surface area contributed by atoms with Crippen molar-refractivity contribution in [3.05, 3.63) is 45.5 Å². The van der Waals surface area contributed by atoms with Crippen LogP contribution >= 0.6 is 0 Å². The molecule has 2 rings (SSSR count). The second kappa shape index (κ2) is 5.69. The van der Waals surface area contributed by atoms with Crippen LogP contribution in [0.4, 0.5) is 11.6 Å². The van der Waals surface area contributed by atoms with Gasteiger partial charge in [-0.1, -0.05) is 5.10 Å². The molecule has 0 aliphatic heterocycles. The van der Waals surface area contributed by atoms with Crippen LogP contribution in [0.1, 0.15) is 12.5 Å². The average molecular weight is 274 g/mol. The minimum Gasteiger partial charge on any atom is -0.288 e. The number of anilines is 1. The summed E-state index contributed by atoms with van der Waals surface area (Å²) in [7, 11) is 0. The van der Waals surface area contributed by atoms with Crippen molar-refractivity contribution in [2.45, 2.75) is 6.92 Å². The minimum atomic E-state index is -0.483. The van der Waals surface area contributed by atoms with Gasteiger partial charge in [0.1, 0.15) is 0 Å². The molecule has 1 heterocycles. The molecule has 20 heavy (non-hydrogen) atoms. The number of aromatic nitrogens is 4. The quantitative estimate of drug-likeness (QED) is 0.489. The van der Waals surface area contributed by atoms with Gasteiger partial charge in [-0.2, -0.15) is 5.21 Å². The van der Waals surface area contributed by atoms with Crippen molar-refractivity contribution in [3.63, 3.8) is 0 Å². The number of carbonyl (C=O) groups excluding carboxylic acids is 1. The number of nitrogens with zero attached hydrogens (tertiary/aromatic N) is 4. The van der Waals surface area contributed by atoms with Gasteiger partial charge in [0.2, 0.25) is 0 Å². The van der Waals surface area contributed by atoms with Gasteiger partial charge in [-0.3, -0.25) is 20.2 Å². The van der Waals surface area contributed by atoms with E-state index in [9.17, 15) is 14.9 Å². The molecule has 0 aliphatic carbocycles. The molecule has 0 saturated heterocycles. The predicted molar refractivity (Wildman–Crippen MR) is 69.6 cm³/mol. The van der Waals surface area contributed by atoms with Gasteiger partial charge in [0.25, 0.3) is 17.5 Å². The fraction of sp³-hybridized carbons (Fsp3) is 0.0909. The Morgan fingerprint density at radius 2 is 2.10 bits per heavy atom. The van der Waals surface area contributed by atoms with Gasteiger partial charge in [0.05, 0.1) is 4.92 Å². The highest BCUT2D eigenvalue weighted by Crippen LogP contribution is 2.14. The van der Waals surface area contributed by atoms with E-state index in [2.05, 4.69) is 25.9 Å². The van der Waals surface area contributed by atoms with Gasteiger partial charge in [-0.05, 0) is 35.9 Å². The summed E-state index contributed by atoms with van der Waals surface area (Å²) >= 11 is 0. The first-order valence-corrected chi connectivity index (χ1v) is 5.54. The molecule has 0 spiro atoms. The number of nitrogens with one attached hydrogen (secondary N) is 2. The smallest absolute Gasteiger partial charge is 0.270 e. The van der Waals surface area contributed by atoms with E-state index in [1.54, 1.807) is 25.1 Å². The third-order valence-corrected chi connectivity index (χ3v) is 2.42. The normalized spacial score (nSPS) is 11.2. The molecular formula is C11H10N6O3. The first-order chi connectivity index (χ1) is 9.56. The second-order valence-corrected chi connectivity index (χ2v) is 3.87. The molecule has 1 aromatic heterocycles. The van der Waals surface area contributed by atoms with Crippen LogP contribution in [0.15, 0.2) is 29.8 Å². The molecule has 2 N–H and O–H groups in total. The lowest BCUT2D eigenvalue weighted by Gasteiger charge is -2.01. The van der Waals surface area contributed by atoms with Crippen LogP contribution in [0.25, 0.3) is 6.08 Å². The summed E-state index contributed by atoms with van der Waals surface area (Å²) in [5.41, 5.74) is 1.08. The van der Waals surface area contributed by atoms with Gasteiger partial charge in [0, 0.05) is 17.7 Å². The van der Waals surface area contributed by atoms with Crippen molar-refractivity contribution < 1.29 is 9.72 Å². The Bertz CT molecular complexity index is 647. The molecule has 0 fully saturated rings. The molecular weight excluding hydrogens is 264 g/mol. The Balaban J connectivity index is 2.09. The topological polar surface area (TPSA) is 127 Å². The van der Waals surface area contributed by atoms with Crippen LogP contribution in [0.2, 0.25) is 0 Å². The first kappa shape index (κ1) is 13.3. The van der Waals surface area contributed by atoms with Gasteiger partial charge in [-0.25, -0.2) is 0 Å². The number of amides is 1. The number of nitro groups is 1. The van der Waals surface area contributed by atoms with Crippen LogP contribution < -0.4 is 5.32 Å². The van der Waals surface area contributed by atoms with Gasteiger partial charge in [0.15, 0.2) is 0 Å². The van der Waals surface area contributed by atoms with Crippen molar-refractivity contribution in [3.8, 4) is 0 Å². The molecule has 102 valence electrons. The predicted octanol–water partition coefficient (Wildman–Crippen LogP) is 1.15.